The summed E-state index contributed by atoms with van der Waals surface area (Å²) in [4.78, 5) is 17.8. The number of carbonyl (C=O) groups is 1. The molecule has 1 atom stereocenters. The number of nitrogens with zero attached hydrogens (tertiary/aromatic N) is 2. The number of rotatable bonds is 3. The minimum atomic E-state index is -1.53. The third-order valence-electron chi connectivity index (χ3n) is 4.95. The Kier molecular flexibility index (Phi) is 4.98. The molecule has 5 nitrogen and oxygen atoms in total. The number of hydrogen-bond acceptors (Lipinski definition) is 4. The van der Waals surface area contributed by atoms with Crippen molar-refractivity contribution in [1.29, 1.82) is 0 Å². The van der Waals surface area contributed by atoms with E-state index in [2.05, 4.69) is 16.3 Å². The van der Waals surface area contributed by atoms with Gasteiger partial charge >= 0.3 is 0 Å². The molecule has 0 radical (unpaired) electrons. The van der Waals surface area contributed by atoms with Gasteiger partial charge in [0.1, 0.15) is 10.0 Å². The van der Waals surface area contributed by atoms with Crippen molar-refractivity contribution in [2.45, 2.75) is 11.3 Å². The predicted molar refractivity (Wildman–Crippen MR) is 106 cm³/mol. The number of amides is 1. The molecule has 136 valence electrons. The molecule has 2 aromatic rings. The molecule has 1 fully saturated rings. The minimum Gasteiger partial charge on any atom is -0.369 e. The van der Waals surface area contributed by atoms with E-state index in [4.69, 9.17) is 10.7 Å². The summed E-state index contributed by atoms with van der Waals surface area (Å²) in [7, 11) is 4.15. The monoisotopic (exact) mass is 389 g/mol. The Morgan fingerprint density at radius 2 is 1.88 bits per heavy atom. The second-order valence-corrected chi connectivity index (χ2v) is 8.27. The van der Waals surface area contributed by atoms with Crippen molar-refractivity contribution in [2.24, 2.45) is 0 Å². The number of piperazine rings is 1. The van der Waals surface area contributed by atoms with E-state index in [9.17, 15) is 9.00 Å². The molecule has 26 heavy (non-hydrogen) atoms. The van der Waals surface area contributed by atoms with Crippen LogP contribution >= 0.6 is 10.7 Å². The first-order valence-electron chi connectivity index (χ1n) is 8.72. The number of anilines is 2. The molecule has 0 aromatic heterocycles. The van der Waals surface area contributed by atoms with Crippen LogP contribution < -0.4 is 15.1 Å². The first-order valence-corrected chi connectivity index (χ1v) is 10.7. The molecule has 0 spiro atoms. The summed E-state index contributed by atoms with van der Waals surface area (Å²) in [6, 6.07) is 13.3. The van der Waals surface area contributed by atoms with Gasteiger partial charge < -0.3 is 15.1 Å². The molecule has 2 heterocycles. The van der Waals surface area contributed by atoms with Crippen LogP contribution in [-0.2, 0) is 16.4 Å². The van der Waals surface area contributed by atoms with E-state index in [-0.39, 0.29) is 5.91 Å². The maximum absolute atomic E-state index is 13.1. The van der Waals surface area contributed by atoms with Crippen molar-refractivity contribution in [3.8, 4) is 0 Å². The Hall–Kier alpha value is -1.89. The van der Waals surface area contributed by atoms with E-state index < -0.39 is 10.0 Å². The van der Waals surface area contributed by atoms with Crippen LogP contribution in [0.25, 0.3) is 0 Å². The zero-order valence-corrected chi connectivity index (χ0v) is 15.9. The fourth-order valence-corrected chi connectivity index (χ4v) is 4.30. The van der Waals surface area contributed by atoms with Gasteiger partial charge in [-0.15, -0.1) is 0 Å². The highest BCUT2D eigenvalue weighted by molar-refractivity contribution is 8.08. The quantitative estimate of drug-likeness (QED) is 0.820. The van der Waals surface area contributed by atoms with Gasteiger partial charge in [0.15, 0.2) is 0 Å². The third kappa shape index (κ3) is 3.37. The molecule has 2 aromatic carbocycles. The maximum atomic E-state index is 13.1. The summed E-state index contributed by atoms with van der Waals surface area (Å²) in [6.07, 6.45) is 0.750. The maximum Gasteiger partial charge on any atom is 0.258 e. The van der Waals surface area contributed by atoms with Crippen LogP contribution in [0, 0.1) is 0 Å². The van der Waals surface area contributed by atoms with E-state index in [0.717, 1.165) is 49.5 Å². The molecule has 0 aliphatic carbocycles. The molecule has 0 bridgehead atoms. The molecule has 2 aliphatic heterocycles. The highest BCUT2D eigenvalue weighted by atomic mass is 35.7. The van der Waals surface area contributed by atoms with Crippen molar-refractivity contribution in [3.05, 3.63) is 53.6 Å². The standard InChI is InChI=1S/C19H20ClN3O2S/c20-26(25)17-4-5-18-14(13-17)6-9-23(18)19(24)15-2-1-3-16(12-15)22-10-7-21-8-11-22/h1-5,12-13,21H,6-11H2. The summed E-state index contributed by atoms with van der Waals surface area (Å²) in [5.41, 5.74) is 3.68. The molecule has 0 saturated carbocycles. The van der Waals surface area contributed by atoms with Crippen LogP contribution in [0.1, 0.15) is 15.9 Å². The Balaban J connectivity index is 1.59. The van der Waals surface area contributed by atoms with E-state index in [1.165, 1.54) is 0 Å². The SMILES string of the molecule is O=C(c1cccc(N2CCNCC2)c1)N1CCc2cc(S(=O)Cl)ccc21. The van der Waals surface area contributed by atoms with Gasteiger partial charge in [-0.05, 0) is 59.1 Å². The zero-order chi connectivity index (χ0) is 18.1. The highest BCUT2D eigenvalue weighted by Gasteiger charge is 2.26. The van der Waals surface area contributed by atoms with E-state index in [1.807, 2.05) is 30.3 Å². The first kappa shape index (κ1) is 17.5. The summed E-state index contributed by atoms with van der Waals surface area (Å²) in [5.74, 6) is 0.000445. The number of benzene rings is 2. The van der Waals surface area contributed by atoms with Crippen LogP contribution in [0.3, 0.4) is 0 Å². The average Bonchev–Trinajstić information content (AvgIpc) is 3.11. The molecule has 1 N–H and O–H groups in total. The van der Waals surface area contributed by atoms with Gasteiger partial charge in [0.05, 0.1) is 4.90 Å². The van der Waals surface area contributed by atoms with Crippen LogP contribution in [0.4, 0.5) is 11.4 Å². The molecular weight excluding hydrogens is 370 g/mol. The minimum absolute atomic E-state index is 0.000445. The number of halogens is 1. The fraction of sp³-hybridized carbons (Fsp3) is 0.316. The Morgan fingerprint density at radius 3 is 2.65 bits per heavy atom. The van der Waals surface area contributed by atoms with Crippen LogP contribution in [0.2, 0.25) is 0 Å². The molecule has 1 saturated heterocycles. The lowest BCUT2D eigenvalue weighted by Crippen LogP contribution is -2.43. The number of carbonyl (C=O) groups excluding carboxylic acids is 1. The molecule has 1 unspecified atom stereocenters. The Labute approximate surface area is 159 Å². The lowest BCUT2D eigenvalue weighted by molar-refractivity contribution is 0.0989. The van der Waals surface area contributed by atoms with Crippen molar-refractivity contribution in [1.82, 2.24) is 5.32 Å². The summed E-state index contributed by atoms with van der Waals surface area (Å²) in [5, 5.41) is 3.34. The predicted octanol–water partition coefficient (Wildman–Crippen LogP) is 2.56. The number of hydrogen-bond donors (Lipinski definition) is 1. The Bertz CT molecular complexity index is 868. The normalized spacial score (nSPS) is 17.9. The van der Waals surface area contributed by atoms with Gasteiger partial charge in [-0.1, -0.05) is 6.07 Å². The summed E-state index contributed by atoms with van der Waals surface area (Å²) in [6.45, 7) is 4.44. The van der Waals surface area contributed by atoms with Crippen molar-refractivity contribution < 1.29 is 9.00 Å². The fourth-order valence-electron chi connectivity index (χ4n) is 3.60. The molecule has 1 amide bonds. The van der Waals surface area contributed by atoms with Gasteiger partial charge in [-0.3, -0.25) is 4.79 Å². The first-order chi connectivity index (χ1) is 12.6. The van der Waals surface area contributed by atoms with Crippen LogP contribution in [0.15, 0.2) is 47.4 Å². The van der Waals surface area contributed by atoms with Gasteiger partial charge in [0.25, 0.3) is 5.91 Å². The highest BCUT2D eigenvalue weighted by Crippen LogP contribution is 2.32. The second kappa shape index (κ2) is 7.39. The third-order valence-corrected chi connectivity index (χ3v) is 6.11. The van der Waals surface area contributed by atoms with Gasteiger partial charge in [-0.2, -0.15) is 0 Å². The Morgan fingerprint density at radius 1 is 1.08 bits per heavy atom. The molecule has 4 rings (SSSR count). The van der Waals surface area contributed by atoms with Crippen molar-refractivity contribution in [3.63, 3.8) is 0 Å². The summed E-state index contributed by atoms with van der Waals surface area (Å²) >= 11 is 0. The average molecular weight is 390 g/mol. The van der Waals surface area contributed by atoms with Gasteiger partial charge in [-0.25, -0.2) is 4.21 Å². The lowest BCUT2D eigenvalue weighted by atomic mass is 10.1. The van der Waals surface area contributed by atoms with Crippen molar-refractivity contribution in [2.75, 3.05) is 42.5 Å². The van der Waals surface area contributed by atoms with Gasteiger partial charge in [0, 0.05) is 49.7 Å². The molecule has 2 aliphatic rings. The van der Waals surface area contributed by atoms with Gasteiger partial charge in [0.2, 0.25) is 0 Å². The zero-order valence-electron chi connectivity index (χ0n) is 14.3. The van der Waals surface area contributed by atoms with Crippen LogP contribution in [0.5, 0.6) is 0 Å². The van der Waals surface area contributed by atoms with E-state index in [1.54, 1.807) is 11.0 Å². The van der Waals surface area contributed by atoms with Crippen LogP contribution in [-0.4, -0.2) is 42.8 Å². The van der Waals surface area contributed by atoms with E-state index in [0.29, 0.717) is 17.0 Å². The number of nitrogens with one attached hydrogen (secondary N) is 1. The number of fused-ring (bicyclic) bond motifs is 1. The second-order valence-electron chi connectivity index (χ2n) is 6.51. The smallest absolute Gasteiger partial charge is 0.258 e. The topological polar surface area (TPSA) is 52.7 Å². The lowest BCUT2D eigenvalue weighted by Gasteiger charge is -2.30. The molecular formula is C19H20ClN3O2S. The largest absolute Gasteiger partial charge is 0.369 e. The summed E-state index contributed by atoms with van der Waals surface area (Å²) < 4.78 is 11.5. The molecule has 7 heteroatoms. The van der Waals surface area contributed by atoms with Crippen molar-refractivity contribution >= 4 is 38.0 Å². The van der Waals surface area contributed by atoms with E-state index >= 15 is 0 Å².